The summed E-state index contributed by atoms with van der Waals surface area (Å²) in [5.74, 6) is 0.586. The number of ketones is 1. The van der Waals surface area contributed by atoms with Crippen molar-refractivity contribution < 1.29 is 9.53 Å². The maximum Gasteiger partial charge on any atom is 0.161 e. The molecule has 0 saturated heterocycles. The molecule has 0 aliphatic rings. The van der Waals surface area contributed by atoms with Crippen molar-refractivity contribution in [3.8, 4) is 0 Å². The molecule has 0 bridgehead atoms. The lowest BCUT2D eigenvalue weighted by Gasteiger charge is -2.19. The molecule has 72 valence electrons. The zero-order valence-electron chi connectivity index (χ0n) is 8.59. The minimum Gasteiger partial charge on any atom is -0.373 e. The van der Waals surface area contributed by atoms with Gasteiger partial charge in [-0.3, -0.25) is 4.79 Å². The molecule has 0 heterocycles. The average molecular weight is 172 g/mol. The summed E-state index contributed by atoms with van der Waals surface area (Å²) < 4.78 is 5.17. The summed E-state index contributed by atoms with van der Waals surface area (Å²) in [6, 6.07) is 0. The number of Topliss-reactive ketones (excluding diaryl/α,β-unsaturated/α-hetero) is 1. The van der Waals surface area contributed by atoms with Crippen LogP contribution in [0.25, 0.3) is 0 Å². The molecular formula is C10H20O2. The Morgan fingerprint density at radius 2 is 2.00 bits per heavy atom. The predicted molar refractivity (Wildman–Crippen MR) is 50.2 cm³/mol. The molecule has 0 spiro atoms. The smallest absolute Gasteiger partial charge is 0.161 e. The number of methoxy groups -OCH3 is 1. The van der Waals surface area contributed by atoms with Gasteiger partial charge in [0.05, 0.1) is 0 Å². The molecule has 2 heteroatoms. The van der Waals surface area contributed by atoms with Crippen molar-refractivity contribution in [1.82, 2.24) is 0 Å². The Morgan fingerprint density at radius 1 is 1.42 bits per heavy atom. The summed E-state index contributed by atoms with van der Waals surface area (Å²) in [7, 11) is 1.62. The SMILES string of the molecule is CCCC(=O)C(OC)C(C)CC. The van der Waals surface area contributed by atoms with Crippen LogP contribution in [0.15, 0.2) is 0 Å². The lowest BCUT2D eigenvalue weighted by molar-refractivity contribution is -0.131. The summed E-state index contributed by atoms with van der Waals surface area (Å²) in [4.78, 5) is 11.4. The minimum atomic E-state index is -0.185. The van der Waals surface area contributed by atoms with E-state index in [1.54, 1.807) is 7.11 Å². The molecule has 0 rings (SSSR count). The van der Waals surface area contributed by atoms with E-state index in [1.807, 2.05) is 6.92 Å². The van der Waals surface area contributed by atoms with E-state index >= 15 is 0 Å². The second-order valence-electron chi connectivity index (χ2n) is 3.26. The number of ether oxygens (including phenoxy) is 1. The maximum atomic E-state index is 11.4. The molecule has 0 amide bonds. The van der Waals surface area contributed by atoms with Gasteiger partial charge in [-0.15, -0.1) is 0 Å². The van der Waals surface area contributed by atoms with Crippen LogP contribution in [0.5, 0.6) is 0 Å². The second-order valence-corrected chi connectivity index (χ2v) is 3.26. The van der Waals surface area contributed by atoms with Crippen molar-refractivity contribution in [2.45, 2.75) is 46.1 Å². The van der Waals surface area contributed by atoms with Crippen LogP contribution in [0.4, 0.5) is 0 Å². The molecule has 2 atom stereocenters. The maximum absolute atomic E-state index is 11.4. The normalized spacial score (nSPS) is 15.7. The van der Waals surface area contributed by atoms with Crippen LogP contribution in [0, 0.1) is 5.92 Å². The van der Waals surface area contributed by atoms with Gasteiger partial charge in [-0.25, -0.2) is 0 Å². The van der Waals surface area contributed by atoms with Crippen molar-refractivity contribution in [3.63, 3.8) is 0 Å². The van der Waals surface area contributed by atoms with Gasteiger partial charge in [-0.05, 0) is 12.3 Å². The van der Waals surface area contributed by atoms with Gasteiger partial charge in [0.1, 0.15) is 6.10 Å². The first-order valence-electron chi connectivity index (χ1n) is 4.72. The van der Waals surface area contributed by atoms with Gasteiger partial charge in [0.2, 0.25) is 0 Å². The highest BCUT2D eigenvalue weighted by Gasteiger charge is 2.21. The first-order valence-corrected chi connectivity index (χ1v) is 4.72. The fourth-order valence-electron chi connectivity index (χ4n) is 1.28. The Balaban J connectivity index is 4.04. The van der Waals surface area contributed by atoms with Crippen LogP contribution >= 0.6 is 0 Å². The Kier molecular flexibility index (Phi) is 5.99. The first-order chi connectivity index (χ1) is 5.67. The molecule has 0 aromatic heterocycles. The largest absolute Gasteiger partial charge is 0.373 e. The second kappa shape index (κ2) is 6.18. The lowest BCUT2D eigenvalue weighted by atomic mass is 9.96. The quantitative estimate of drug-likeness (QED) is 0.615. The average Bonchev–Trinajstić information content (AvgIpc) is 2.06. The lowest BCUT2D eigenvalue weighted by Crippen LogP contribution is -2.29. The highest BCUT2D eigenvalue weighted by molar-refractivity contribution is 5.83. The van der Waals surface area contributed by atoms with E-state index in [2.05, 4.69) is 13.8 Å². The van der Waals surface area contributed by atoms with Gasteiger partial charge in [0.15, 0.2) is 5.78 Å². The topological polar surface area (TPSA) is 26.3 Å². The van der Waals surface area contributed by atoms with E-state index in [1.165, 1.54) is 0 Å². The monoisotopic (exact) mass is 172 g/mol. The van der Waals surface area contributed by atoms with Crippen molar-refractivity contribution in [1.29, 1.82) is 0 Å². The molecule has 0 N–H and O–H groups in total. The zero-order valence-corrected chi connectivity index (χ0v) is 8.59. The third-order valence-electron chi connectivity index (χ3n) is 2.23. The van der Waals surface area contributed by atoms with Gasteiger partial charge in [-0.1, -0.05) is 27.2 Å². The zero-order chi connectivity index (χ0) is 9.56. The van der Waals surface area contributed by atoms with Crippen LogP contribution in [0.3, 0.4) is 0 Å². The summed E-state index contributed by atoms with van der Waals surface area (Å²) in [5.41, 5.74) is 0. The van der Waals surface area contributed by atoms with Gasteiger partial charge >= 0.3 is 0 Å². The molecule has 0 aromatic carbocycles. The van der Waals surface area contributed by atoms with Crippen LogP contribution in [0.2, 0.25) is 0 Å². The number of hydrogen-bond acceptors (Lipinski definition) is 2. The molecule has 0 radical (unpaired) electrons. The third-order valence-corrected chi connectivity index (χ3v) is 2.23. The Labute approximate surface area is 75.3 Å². The molecule has 0 aliphatic heterocycles. The van der Waals surface area contributed by atoms with Crippen molar-refractivity contribution in [2.24, 2.45) is 5.92 Å². The summed E-state index contributed by atoms with van der Waals surface area (Å²) >= 11 is 0. The highest BCUT2D eigenvalue weighted by atomic mass is 16.5. The number of rotatable bonds is 6. The molecule has 2 nitrogen and oxygen atoms in total. The summed E-state index contributed by atoms with van der Waals surface area (Å²) in [5, 5.41) is 0. The van der Waals surface area contributed by atoms with Crippen molar-refractivity contribution in [2.75, 3.05) is 7.11 Å². The van der Waals surface area contributed by atoms with Crippen molar-refractivity contribution >= 4 is 5.78 Å². The van der Waals surface area contributed by atoms with Gasteiger partial charge in [-0.2, -0.15) is 0 Å². The van der Waals surface area contributed by atoms with Crippen LogP contribution in [-0.2, 0) is 9.53 Å². The molecular weight excluding hydrogens is 152 g/mol. The molecule has 12 heavy (non-hydrogen) atoms. The van der Waals surface area contributed by atoms with Crippen molar-refractivity contribution in [3.05, 3.63) is 0 Å². The van der Waals surface area contributed by atoms with E-state index in [9.17, 15) is 4.79 Å². The van der Waals surface area contributed by atoms with Crippen LogP contribution < -0.4 is 0 Å². The van der Waals surface area contributed by atoms with E-state index in [0.717, 1.165) is 12.8 Å². The fourth-order valence-corrected chi connectivity index (χ4v) is 1.28. The number of carbonyl (C=O) groups excluding carboxylic acids is 1. The minimum absolute atomic E-state index is 0.185. The summed E-state index contributed by atoms with van der Waals surface area (Å²) in [6.45, 7) is 6.15. The molecule has 0 aliphatic carbocycles. The predicted octanol–water partition coefficient (Wildman–Crippen LogP) is 2.42. The van der Waals surface area contributed by atoms with Crippen LogP contribution in [0.1, 0.15) is 40.0 Å². The third kappa shape index (κ3) is 3.35. The van der Waals surface area contributed by atoms with E-state index in [0.29, 0.717) is 12.3 Å². The molecule has 2 unspecified atom stereocenters. The first kappa shape index (κ1) is 11.6. The number of hydrogen-bond donors (Lipinski definition) is 0. The van der Waals surface area contributed by atoms with E-state index in [-0.39, 0.29) is 11.9 Å². The molecule has 0 aromatic rings. The fraction of sp³-hybridized carbons (Fsp3) is 0.900. The van der Waals surface area contributed by atoms with Gasteiger partial charge in [0, 0.05) is 13.5 Å². The molecule has 0 fully saturated rings. The Hall–Kier alpha value is -0.370. The van der Waals surface area contributed by atoms with Gasteiger partial charge in [0.25, 0.3) is 0 Å². The van der Waals surface area contributed by atoms with E-state index < -0.39 is 0 Å². The Bertz CT molecular complexity index is 132. The highest BCUT2D eigenvalue weighted by Crippen LogP contribution is 2.13. The standard InChI is InChI=1S/C10H20O2/c1-5-7-9(11)10(12-4)8(3)6-2/h8,10H,5-7H2,1-4H3. The molecule has 0 saturated carbocycles. The van der Waals surface area contributed by atoms with Crippen LogP contribution in [-0.4, -0.2) is 19.0 Å². The summed E-state index contributed by atoms with van der Waals surface area (Å²) in [6.07, 6.45) is 2.36. The Morgan fingerprint density at radius 3 is 2.33 bits per heavy atom. The van der Waals surface area contributed by atoms with E-state index in [4.69, 9.17) is 4.74 Å². The number of carbonyl (C=O) groups is 1. The van der Waals surface area contributed by atoms with Gasteiger partial charge < -0.3 is 4.74 Å².